The molecule has 0 amide bonds. The minimum absolute atomic E-state index is 0.0426. The van der Waals surface area contributed by atoms with Crippen LogP contribution in [0.5, 0.6) is 0 Å². The number of carbonyl (C=O) groups is 2. The van der Waals surface area contributed by atoms with E-state index in [-0.39, 0.29) is 18.4 Å². The van der Waals surface area contributed by atoms with Crippen molar-refractivity contribution >= 4 is 35.8 Å². The van der Waals surface area contributed by atoms with E-state index >= 15 is 0 Å². The Kier molecular flexibility index (Phi) is 12.3. The Morgan fingerprint density at radius 1 is 1.13 bits per heavy atom. The number of thioether (sulfide) groups is 1. The first kappa shape index (κ1) is 33.4. The molecule has 2 aromatic carbocycles. The zero-order valence-electron chi connectivity index (χ0n) is 24.7. The molecule has 4 aromatic rings. The molecule has 0 N–H and O–H groups in total. The highest BCUT2D eigenvalue weighted by atomic mass is 35.5. The standard InChI is InChI=1S/C29H32ClN7O7S/c1-3-4-9-26-31-27(30)25(19-38)35(26)18-21-10-12-22(13-11-21)23-7-5-6-8-24(23)28-32-34-36(33-28)20(2)44-29(39)42-14-16-45-17-15-43-37(40)41/h5-8,10-13,19-20H,3-4,9,14-18H2,1-2H3. The number of imidazole rings is 1. The van der Waals surface area contributed by atoms with Crippen molar-refractivity contribution in [2.75, 3.05) is 24.7 Å². The van der Waals surface area contributed by atoms with Gasteiger partial charge in [-0.1, -0.05) is 73.5 Å². The molecule has 14 nitrogen and oxygen atoms in total. The number of rotatable bonds is 17. The lowest BCUT2D eigenvalue weighted by Gasteiger charge is -2.12. The predicted molar refractivity (Wildman–Crippen MR) is 166 cm³/mol. The summed E-state index contributed by atoms with van der Waals surface area (Å²) in [7, 11) is 0. The predicted octanol–water partition coefficient (Wildman–Crippen LogP) is 5.67. The number of hydrogen-bond acceptors (Lipinski definition) is 12. The first-order chi connectivity index (χ1) is 21.8. The summed E-state index contributed by atoms with van der Waals surface area (Å²) in [6.07, 6.45) is 1.64. The molecule has 4 rings (SSSR count). The maximum Gasteiger partial charge on any atom is 0.510 e. The number of nitrogens with zero attached hydrogens (tertiary/aromatic N) is 7. The maximum absolute atomic E-state index is 12.1. The number of tetrazole rings is 1. The molecule has 0 radical (unpaired) electrons. The molecule has 1 atom stereocenters. The quantitative estimate of drug-likeness (QED) is 0.0449. The summed E-state index contributed by atoms with van der Waals surface area (Å²) < 4.78 is 12.2. The molecular formula is C29H32ClN7O7S. The molecule has 0 saturated carbocycles. The number of benzene rings is 2. The van der Waals surface area contributed by atoms with Crippen LogP contribution in [-0.2, 0) is 27.3 Å². The van der Waals surface area contributed by atoms with Gasteiger partial charge in [0, 0.05) is 30.0 Å². The highest BCUT2D eigenvalue weighted by Gasteiger charge is 2.19. The molecule has 45 heavy (non-hydrogen) atoms. The van der Waals surface area contributed by atoms with Gasteiger partial charge in [-0.25, -0.2) is 9.78 Å². The highest BCUT2D eigenvalue weighted by molar-refractivity contribution is 7.99. The van der Waals surface area contributed by atoms with Gasteiger partial charge in [-0.3, -0.25) is 4.79 Å². The molecule has 16 heteroatoms. The van der Waals surface area contributed by atoms with Crippen LogP contribution in [0.3, 0.4) is 0 Å². The summed E-state index contributed by atoms with van der Waals surface area (Å²) in [5.41, 5.74) is 3.88. The van der Waals surface area contributed by atoms with Gasteiger partial charge in [0.2, 0.25) is 12.1 Å². The monoisotopic (exact) mass is 657 g/mol. The third-order valence-electron chi connectivity index (χ3n) is 6.57. The molecular weight excluding hydrogens is 626 g/mol. The third kappa shape index (κ3) is 9.25. The molecule has 0 aliphatic heterocycles. The molecule has 0 spiro atoms. The summed E-state index contributed by atoms with van der Waals surface area (Å²) in [4.78, 5) is 43.7. The van der Waals surface area contributed by atoms with Crippen molar-refractivity contribution in [3.8, 4) is 22.5 Å². The molecule has 0 fully saturated rings. The van der Waals surface area contributed by atoms with Gasteiger partial charge < -0.3 is 18.9 Å². The van der Waals surface area contributed by atoms with E-state index in [0.29, 0.717) is 29.6 Å². The van der Waals surface area contributed by atoms with Crippen LogP contribution in [-0.4, -0.2) is 72.0 Å². The van der Waals surface area contributed by atoms with Gasteiger partial charge in [-0.05, 0) is 35.2 Å². The number of aromatic nitrogens is 6. The number of halogens is 1. The number of carbonyl (C=O) groups excluding carboxylic acids is 2. The highest BCUT2D eigenvalue weighted by Crippen LogP contribution is 2.30. The van der Waals surface area contributed by atoms with Crippen molar-refractivity contribution in [1.29, 1.82) is 0 Å². The third-order valence-corrected chi connectivity index (χ3v) is 7.76. The lowest BCUT2D eigenvalue weighted by atomic mass is 9.98. The van der Waals surface area contributed by atoms with E-state index in [1.165, 1.54) is 16.6 Å². The maximum atomic E-state index is 12.1. The molecule has 0 saturated heterocycles. The van der Waals surface area contributed by atoms with Gasteiger partial charge in [-0.2, -0.15) is 11.8 Å². The number of aryl methyl sites for hydroxylation is 1. The molecule has 238 valence electrons. The van der Waals surface area contributed by atoms with Crippen LogP contribution < -0.4 is 0 Å². The van der Waals surface area contributed by atoms with Crippen LogP contribution in [0.25, 0.3) is 22.5 Å². The normalized spacial score (nSPS) is 11.6. The zero-order valence-corrected chi connectivity index (χ0v) is 26.3. The summed E-state index contributed by atoms with van der Waals surface area (Å²) in [5, 5.41) is 22.2. The van der Waals surface area contributed by atoms with Crippen LogP contribution >= 0.6 is 23.4 Å². The fraction of sp³-hybridized carbons (Fsp3) is 0.379. The largest absolute Gasteiger partial charge is 0.510 e. The average Bonchev–Trinajstić information content (AvgIpc) is 3.64. The number of unbranched alkanes of at least 4 members (excludes halogenated alkanes) is 1. The Labute approximate surface area is 268 Å². The van der Waals surface area contributed by atoms with Crippen LogP contribution in [0.2, 0.25) is 5.15 Å². The molecule has 2 aromatic heterocycles. The van der Waals surface area contributed by atoms with E-state index in [1.807, 2.05) is 53.1 Å². The molecule has 0 aliphatic rings. The van der Waals surface area contributed by atoms with Crippen LogP contribution in [0.4, 0.5) is 4.79 Å². The molecule has 0 bridgehead atoms. The fourth-order valence-corrected chi connectivity index (χ4v) is 5.20. The topological polar surface area (TPSA) is 166 Å². The van der Waals surface area contributed by atoms with Crippen LogP contribution in [0, 0.1) is 10.1 Å². The Morgan fingerprint density at radius 2 is 1.87 bits per heavy atom. The van der Waals surface area contributed by atoms with Crippen molar-refractivity contribution in [3.63, 3.8) is 0 Å². The van der Waals surface area contributed by atoms with Crippen molar-refractivity contribution < 1.29 is 29.0 Å². The second kappa shape index (κ2) is 16.5. The van der Waals surface area contributed by atoms with E-state index in [4.69, 9.17) is 21.1 Å². The second-order valence-electron chi connectivity index (χ2n) is 9.67. The van der Waals surface area contributed by atoms with Crippen molar-refractivity contribution in [1.82, 2.24) is 29.8 Å². The number of hydrogen-bond donors (Lipinski definition) is 0. The Morgan fingerprint density at radius 3 is 2.58 bits per heavy atom. The van der Waals surface area contributed by atoms with Crippen LogP contribution in [0.15, 0.2) is 48.5 Å². The van der Waals surface area contributed by atoms with E-state index < -0.39 is 17.5 Å². The first-order valence-electron chi connectivity index (χ1n) is 14.2. The summed E-state index contributed by atoms with van der Waals surface area (Å²) in [6, 6.07) is 15.6. The second-order valence-corrected chi connectivity index (χ2v) is 11.3. The summed E-state index contributed by atoms with van der Waals surface area (Å²) >= 11 is 7.57. The zero-order chi connectivity index (χ0) is 32.2. The number of aldehydes is 1. The lowest BCUT2D eigenvalue weighted by Crippen LogP contribution is -2.19. The smallest absolute Gasteiger partial charge is 0.433 e. The van der Waals surface area contributed by atoms with Gasteiger partial charge in [0.25, 0.3) is 5.09 Å². The van der Waals surface area contributed by atoms with Crippen LogP contribution in [0.1, 0.15) is 54.8 Å². The minimum Gasteiger partial charge on any atom is -0.433 e. The average molecular weight is 658 g/mol. The molecule has 0 aliphatic carbocycles. The van der Waals surface area contributed by atoms with Gasteiger partial charge >= 0.3 is 6.16 Å². The molecule has 2 heterocycles. The minimum atomic E-state index is -0.903. The van der Waals surface area contributed by atoms with Gasteiger partial charge in [0.1, 0.15) is 24.7 Å². The van der Waals surface area contributed by atoms with E-state index in [1.54, 1.807) is 6.92 Å². The number of ether oxygens (including phenoxy) is 2. The molecule has 1 unspecified atom stereocenters. The fourth-order valence-electron chi connectivity index (χ4n) is 4.36. The Hall–Kier alpha value is -4.50. The van der Waals surface area contributed by atoms with Crippen molar-refractivity contribution in [3.05, 3.63) is 80.9 Å². The Bertz CT molecular complexity index is 1600. The SMILES string of the molecule is CCCCc1nc(Cl)c(C=O)n1Cc1ccc(-c2ccccc2-c2nnn(C(C)OC(=O)OCCSCCO[N+](=O)[O-])n2)cc1. The van der Waals surface area contributed by atoms with E-state index in [0.717, 1.165) is 53.6 Å². The summed E-state index contributed by atoms with van der Waals surface area (Å²) in [6.45, 7) is 4.16. The first-order valence-corrected chi connectivity index (χ1v) is 15.7. The van der Waals surface area contributed by atoms with Gasteiger partial charge in [-0.15, -0.1) is 25.1 Å². The lowest BCUT2D eigenvalue weighted by molar-refractivity contribution is -0.756. The van der Waals surface area contributed by atoms with E-state index in [9.17, 15) is 19.7 Å². The van der Waals surface area contributed by atoms with E-state index in [2.05, 4.69) is 32.2 Å². The van der Waals surface area contributed by atoms with Gasteiger partial charge in [0.05, 0.1) is 0 Å². The Balaban J connectivity index is 1.39. The van der Waals surface area contributed by atoms with Crippen molar-refractivity contribution in [2.45, 2.75) is 45.9 Å². The van der Waals surface area contributed by atoms with Crippen molar-refractivity contribution in [2.24, 2.45) is 0 Å². The van der Waals surface area contributed by atoms with Gasteiger partial charge in [0.15, 0.2) is 11.4 Å². The summed E-state index contributed by atoms with van der Waals surface area (Å²) in [5.74, 6) is 1.94.